The van der Waals surface area contributed by atoms with E-state index in [-0.39, 0.29) is 0 Å². The molecule has 0 amide bonds. The fraction of sp³-hybridized carbons (Fsp3) is 0.0566. The maximum absolute atomic E-state index is 2.40. The number of benzene rings is 9. The van der Waals surface area contributed by atoms with Crippen LogP contribution in [0.2, 0.25) is 0 Å². The smallest absolute Gasteiger partial charge is 0.0618 e. The number of nitrogens with zero attached hydrogens (tertiary/aromatic N) is 1. The average Bonchev–Trinajstić information content (AvgIpc) is 3.24. The van der Waals surface area contributed by atoms with Crippen molar-refractivity contribution in [3.63, 3.8) is 0 Å². The van der Waals surface area contributed by atoms with Crippen molar-refractivity contribution in [1.82, 2.24) is 0 Å². The molecule has 0 saturated heterocycles. The van der Waals surface area contributed by atoms with E-state index in [4.69, 9.17) is 0 Å². The van der Waals surface area contributed by atoms with Crippen molar-refractivity contribution in [2.75, 3.05) is 4.90 Å². The van der Waals surface area contributed by atoms with Crippen molar-refractivity contribution in [2.24, 2.45) is 0 Å². The van der Waals surface area contributed by atoms with E-state index in [9.17, 15) is 0 Å². The molecule has 0 aliphatic carbocycles. The van der Waals surface area contributed by atoms with Crippen LogP contribution in [0.5, 0.6) is 0 Å². The molecule has 0 atom stereocenters. The first-order valence-electron chi connectivity index (χ1n) is 18.6. The van der Waals surface area contributed by atoms with Crippen LogP contribution in [0.25, 0.3) is 43.8 Å². The lowest BCUT2D eigenvalue weighted by molar-refractivity contribution is 1.31. The molecule has 9 aromatic rings. The Kier molecular flexibility index (Phi) is 11.4. The van der Waals surface area contributed by atoms with Crippen LogP contribution in [0.3, 0.4) is 0 Å². The lowest BCUT2D eigenvalue weighted by Gasteiger charge is -2.29. The van der Waals surface area contributed by atoms with Gasteiger partial charge in [-0.25, -0.2) is 0 Å². The number of anilines is 3. The zero-order valence-electron chi connectivity index (χ0n) is 31.2. The van der Waals surface area contributed by atoms with E-state index in [1.54, 1.807) is 0 Å². The molecule has 0 spiro atoms. The Morgan fingerprint density at radius 3 is 1.00 bits per heavy atom. The predicted molar refractivity (Wildman–Crippen MR) is 234 cm³/mol. The second-order valence-corrected chi connectivity index (χ2v) is 13.5. The SMILES string of the molecule is Cc1c2ccccc2c(N(c2ccccc2)c2ccc(-c3ccccc3)cc2)c2ccccc12.Cc1ccc(-c2ccccc2)cc1.Cc1ccccc1. The molecule has 9 aromatic carbocycles. The van der Waals surface area contributed by atoms with Crippen molar-refractivity contribution in [3.05, 3.63) is 235 Å². The van der Waals surface area contributed by atoms with Crippen molar-refractivity contribution in [2.45, 2.75) is 20.8 Å². The van der Waals surface area contributed by atoms with Gasteiger partial charge in [-0.2, -0.15) is 0 Å². The van der Waals surface area contributed by atoms with Gasteiger partial charge in [-0.15, -0.1) is 0 Å². The van der Waals surface area contributed by atoms with Gasteiger partial charge in [-0.05, 0) is 83.6 Å². The topological polar surface area (TPSA) is 3.24 Å². The Morgan fingerprint density at radius 2 is 0.574 bits per heavy atom. The van der Waals surface area contributed by atoms with Gasteiger partial charge in [0.25, 0.3) is 0 Å². The maximum Gasteiger partial charge on any atom is 0.0618 e. The molecule has 0 heterocycles. The van der Waals surface area contributed by atoms with Gasteiger partial charge in [0.1, 0.15) is 0 Å². The van der Waals surface area contributed by atoms with Gasteiger partial charge in [0.05, 0.1) is 5.69 Å². The maximum atomic E-state index is 2.40. The molecule has 0 unspecified atom stereocenters. The molecule has 0 fully saturated rings. The minimum atomic E-state index is 1.14. The Bertz CT molecular complexity index is 2470. The first-order chi connectivity index (χ1) is 26.6. The first-order valence-corrected chi connectivity index (χ1v) is 18.6. The Balaban J connectivity index is 0.000000183. The summed E-state index contributed by atoms with van der Waals surface area (Å²) in [4.78, 5) is 2.40. The molecular formula is C53H45N. The van der Waals surface area contributed by atoms with Gasteiger partial charge in [0.2, 0.25) is 0 Å². The molecule has 0 aromatic heterocycles. The summed E-state index contributed by atoms with van der Waals surface area (Å²) in [5, 5.41) is 5.10. The minimum Gasteiger partial charge on any atom is -0.309 e. The van der Waals surface area contributed by atoms with E-state index in [1.165, 1.54) is 66.2 Å². The number of rotatable bonds is 5. The molecule has 0 aliphatic heterocycles. The van der Waals surface area contributed by atoms with Gasteiger partial charge in [-0.3, -0.25) is 0 Å². The van der Waals surface area contributed by atoms with Crippen molar-refractivity contribution >= 4 is 38.6 Å². The zero-order valence-corrected chi connectivity index (χ0v) is 31.2. The molecule has 9 rings (SSSR count). The van der Waals surface area contributed by atoms with E-state index in [2.05, 4.69) is 220 Å². The molecular weight excluding hydrogens is 651 g/mol. The highest BCUT2D eigenvalue weighted by Crippen LogP contribution is 2.45. The molecule has 0 saturated carbocycles. The van der Waals surface area contributed by atoms with Gasteiger partial charge in [-0.1, -0.05) is 205 Å². The quantitative estimate of drug-likeness (QED) is 0.162. The predicted octanol–water partition coefficient (Wildman–Crippen LogP) is 15.1. The highest BCUT2D eigenvalue weighted by molar-refractivity contribution is 6.16. The van der Waals surface area contributed by atoms with Crippen molar-refractivity contribution in [1.29, 1.82) is 0 Å². The number of fused-ring (bicyclic) bond motifs is 2. The Hall–Kier alpha value is -6.70. The van der Waals surface area contributed by atoms with Crippen LogP contribution < -0.4 is 4.90 Å². The van der Waals surface area contributed by atoms with Crippen LogP contribution in [0, 0.1) is 20.8 Å². The van der Waals surface area contributed by atoms with Gasteiger partial charge >= 0.3 is 0 Å². The van der Waals surface area contributed by atoms with Gasteiger partial charge in [0, 0.05) is 22.1 Å². The van der Waals surface area contributed by atoms with E-state index >= 15 is 0 Å². The normalized spacial score (nSPS) is 10.5. The highest BCUT2D eigenvalue weighted by Gasteiger charge is 2.20. The lowest BCUT2D eigenvalue weighted by Crippen LogP contribution is -2.11. The second-order valence-electron chi connectivity index (χ2n) is 13.5. The summed E-state index contributed by atoms with van der Waals surface area (Å²) in [6.45, 7) is 6.42. The standard InChI is InChI=1S/C33H25N.C13H12.C7H8/c1-24-29-16-8-10-18-31(29)33(32-19-11-9-17-30(24)32)34(27-14-6-3-7-15-27)28-22-20-26(21-23-28)25-12-4-2-5-13-25;1-11-7-9-13(10-8-11)12-5-3-2-4-6-12;1-7-5-3-2-4-6-7/h2-23H,1H3;2-10H,1H3;2-6H,1H3. The summed E-state index contributed by atoms with van der Waals surface area (Å²) in [5.74, 6) is 0. The van der Waals surface area contributed by atoms with E-state index in [0.29, 0.717) is 0 Å². The van der Waals surface area contributed by atoms with E-state index < -0.39 is 0 Å². The summed E-state index contributed by atoms with van der Waals surface area (Å²) in [5.41, 5.74) is 12.5. The van der Waals surface area contributed by atoms with Crippen LogP contribution in [0.15, 0.2) is 218 Å². The van der Waals surface area contributed by atoms with E-state index in [1.807, 2.05) is 24.3 Å². The van der Waals surface area contributed by atoms with Crippen LogP contribution >= 0.6 is 0 Å². The summed E-state index contributed by atoms with van der Waals surface area (Å²) < 4.78 is 0. The molecule has 1 nitrogen and oxygen atoms in total. The summed E-state index contributed by atoms with van der Waals surface area (Å²) in [6.07, 6.45) is 0. The number of para-hydroxylation sites is 1. The average molecular weight is 696 g/mol. The Morgan fingerprint density at radius 1 is 0.259 bits per heavy atom. The minimum absolute atomic E-state index is 1.14. The fourth-order valence-corrected chi connectivity index (χ4v) is 6.89. The van der Waals surface area contributed by atoms with Gasteiger partial charge < -0.3 is 4.90 Å². The lowest BCUT2D eigenvalue weighted by atomic mass is 9.94. The molecule has 0 N–H and O–H groups in total. The molecule has 1 heteroatoms. The highest BCUT2D eigenvalue weighted by atomic mass is 15.1. The van der Waals surface area contributed by atoms with E-state index in [0.717, 1.165) is 11.4 Å². The van der Waals surface area contributed by atoms with Crippen LogP contribution in [-0.4, -0.2) is 0 Å². The summed E-state index contributed by atoms with van der Waals surface area (Å²) in [6, 6.07) is 76.9. The van der Waals surface area contributed by atoms with Crippen molar-refractivity contribution in [3.8, 4) is 22.3 Å². The van der Waals surface area contributed by atoms with Crippen LogP contribution in [0.4, 0.5) is 17.1 Å². The van der Waals surface area contributed by atoms with Gasteiger partial charge in [0.15, 0.2) is 0 Å². The number of hydrogen-bond donors (Lipinski definition) is 0. The zero-order chi connectivity index (χ0) is 37.1. The van der Waals surface area contributed by atoms with Crippen molar-refractivity contribution < 1.29 is 0 Å². The molecule has 0 bridgehead atoms. The molecule has 0 radical (unpaired) electrons. The first kappa shape index (κ1) is 35.7. The number of hydrogen-bond acceptors (Lipinski definition) is 1. The molecule has 262 valence electrons. The third kappa shape index (κ3) is 8.33. The largest absolute Gasteiger partial charge is 0.309 e. The Labute approximate surface area is 320 Å². The third-order valence-electron chi connectivity index (χ3n) is 9.74. The second kappa shape index (κ2) is 17.2. The fourth-order valence-electron chi connectivity index (χ4n) is 6.89. The molecule has 54 heavy (non-hydrogen) atoms. The third-order valence-corrected chi connectivity index (χ3v) is 9.74. The summed E-state index contributed by atoms with van der Waals surface area (Å²) >= 11 is 0. The van der Waals surface area contributed by atoms with Crippen LogP contribution in [-0.2, 0) is 0 Å². The summed E-state index contributed by atoms with van der Waals surface area (Å²) in [7, 11) is 0. The van der Waals surface area contributed by atoms with Crippen LogP contribution in [0.1, 0.15) is 16.7 Å². The molecule has 0 aliphatic rings. The number of aryl methyl sites for hydroxylation is 3. The monoisotopic (exact) mass is 695 g/mol.